The second-order valence-electron chi connectivity index (χ2n) is 6.03. The van der Waals surface area contributed by atoms with Gasteiger partial charge in [0.15, 0.2) is 5.76 Å². The summed E-state index contributed by atoms with van der Waals surface area (Å²) in [5, 5.41) is 6.09. The second-order valence-corrected chi connectivity index (χ2v) is 7.98. The number of thiazole rings is 1. The Morgan fingerprint density at radius 2 is 2.12 bits per heavy atom. The average molecular weight is 372 g/mol. The molecule has 25 heavy (non-hydrogen) atoms. The highest BCUT2D eigenvalue weighted by molar-refractivity contribution is 7.16. The molecule has 1 aliphatic heterocycles. The maximum atomic E-state index is 11.6. The Balaban J connectivity index is 2.05. The molecule has 6 nitrogen and oxygen atoms in total. The number of aromatic nitrogens is 2. The fraction of sp³-hybridized carbons (Fsp3) is 0.294. The first-order valence-electron chi connectivity index (χ1n) is 7.79. The van der Waals surface area contributed by atoms with Crippen LogP contribution in [0.15, 0.2) is 20.4 Å². The standard InChI is InChI=1S/C17H16N4O2S2/c1-7-9(3)25-17-13(7)15(11-5-24-6-19-11)20-10(4-12(18)22)16-14(17)8(2)21-23-16/h5-6,10H,4H2,1-3H3,(H2,18,22)/t10-/m0/s1. The van der Waals surface area contributed by atoms with Gasteiger partial charge in [-0.3, -0.25) is 9.79 Å². The highest BCUT2D eigenvalue weighted by atomic mass is 32.1. The number of nitrogens with two attached hydrogens (primary N) is 1. The third kappa shape index (κ3) is 2.52. The highest BCUT2D eigenvalue weighted by Crippen LogP contribution is 2.46. The molecule has 0 fully saturated rings. The zero-order valence-electron chi connectivity index (χ0n) is 14.0. The minimum atomic E-state index is -0.496. The maximum absolute atomic E-state index is 11.6. The number of thiophene rings is 1. The van der Waals surface area contributed by atoms with E-state index in [0.29, 0.717) is 5.76 Å². The van der Waals surface area contributed by atoms with Gasteiger partial charge in [-0.2, -0.15) is 0 Å². The van der Waals surface area contributed by atoms with Crippen LogP contribution in [0.3, 0.4) is 0 Å². The van der Waals surface area contributed by atoms with Gasteiger partial charge in [0.2, 0.25) is 5.91 Å². The average Bonchev–Trinajstić information content (AvgIpc) is 3.24. The van der Waals surface area contributed by atoms with Gasteiger partial charge >= 0.3 is 0 Å². The van der Waals surface area contributed by atoms with Gasteiger partial charge in [-0.1, -0.05) is 5.16 Å². The van der Waals surface area contributed by atoms with Crippen molar-refractivity contribution in [1.29, 1.82) is 0 Å². The Kier molecular flexibility index (Phi) is 3.81. The second kappa shape index (κ2) is 5.89. The van der Waals surface area contributed by atoms with E-state index in [2.05, 4.69) is 24.0 Å². The number of carbonyl (C=O) groups is 1. The molecule has 2 N–H and O–H groups in total. The van der Waals surface area contributed by atoms with Crippen LogP contribution in [-0.4, -0.2) is 21.8 Å². The summed E-state index contributed by atoms with van der Waals surface area (Å²) in [7, 11) is 0. The third-order valence-corrected chi connectivity index (χ3v) is 6.21. The van der Waals surface area contributed by atoms with Crippen LogP contribution in [0.1, 0.15) is 45.6 Å². The first-order chi connectivity index (χ1) is 12.0. The summed E-state index contributed by atoms with van der Waals surface area (Å²) in [6, 6.07) is -0.496. The van der Waals surface area contributed by atoms with Crippen LogP contribution in [0, 0.1) is 20.8 Å². The number of aryl methyl sites for hydroxylation is 2. The largest absolute Gasteiger partial charge is 0.370 e. The molecular weight excluding hydrogens is 356 g/mol. The molecule has 3 aromatic rings. The molecule has 1 aliphatic rings. The summed E-state index contributed by atoms with van der Waals surface area (Å²) in [5.41, 5.74) is 12.8. The molecule has 128 valence electrons. The summed E-state index contributed by atoms with van der Waals surface area (Å²) in [6.45, 7) is 6.09. The molecule has 0 bridgehead atoms. The topological polar surface area (TPSA) is 94.4 Å². The minimum Gasteiger partial charge on any atom is -0.370 e. The van der Waals surface area contributed by atoms with E-state index in [4.69, 9.17) is 15.2 Å². The zero-order chi connectivity index (χ0) is 17.7. The number of fused-ring (bicyclic) bond motifs is 3. The van der Waals surface area contributed by atoms with Gasteiger partial charge < -0.3 is 10.3 Å². The summed E-state index contributed by atoms with van der Waals surface area (Å²) in [6.07, 6.45) is 0.0717. The number of aliphatic imine (C=N–C) groups is 1. The number of nitrogens with zero attached hydrogens (tertiary/aromatic N) is 3. The van der Waals surface area contributed by atoms with Gasteiger partial charge in [0.1, 0.15) is 6.04 Å². The molecule has 4 heterocycles. The van der Waals surface area contributed by atoms with Crippen LogP contribution in [-0.2, 0) is 4.79 Å². The van der Waals surface area contributed by atoms with E-state index in [0.717, 1.165) is 38.7 Å². The van der Waals surface area contributed by atoms with E-state index < -0.39 is 11.9 Å². The molecule has 0 saturated carbocycles. The Labute approximate surface area is 152 Å². The van der Waals surface area contributed by atoms with Gasteiger partial charge in [-0.25, -0.2) is 4.98 Å². The predicted octanol–water partition coefficient (Wildman–Crippen LogP) is 3.55. The lowest BCUT2D eigenvalue weighted by Crippen LogP contribution is -2.15. The van der Waals surface area contributed by atoms with E-state index in [9.17, 15) is 4.79 Å². The van der Waals surface area contributed by atoms with Crippen molar-refractivity contribution in [2.24, 2.45) is 10.7 Å². The van der Waals surface area contributed by atoms with Crippen molar-refractivity contribution in [3.8, 4) is 10.4 Å². The number of rotatable bonds is 3. The molecule has 8 heteroatoms. The normalized spacial score (nSPS) is 16.1. The van der Waals surface area contributed by atoms with Crippen LogP contribution in [0.5, 0.6) is 0 Å². The lowest BCUT2D eigenvalue weighted by atomic mass is 9.99. The molecule has 0 radical (unpaired) electrons. The number of primary amides is 1. The van der Waals surface area contributed by atoms with E-state index in [1.54, 1.807) is 16.8 Å². The SMILES string of the molecule is Cc1noc2c1-c1sc(C)c(C)c1C(c1cscn1)=N[C@H]2CC(N)=O. The summed E-state index contributed by atoms with van der Waals surface area (Å²) in [5.74, 6) is 0.175. The smallest absolute Gasteiger partial charge is 0.220 e. The van der Waals surface area contributed by atoms with Crippen LogP contribution in [0.2, 0.25) is 0 Å². The van der Waals surface area contributed by atoms with Gasteiger partial charge in [-0.05, 0) is 26.3 Å². The Morgan fingerprint density at radius 1 is 1.32 bits per heavy atom. The quantitative estimate of drug-likeness (QED) is 0.760. The Bertz CT molecular complexity index is 998. The molecule has 1 atom stereocenters. The van der Waals surface area contributed by atoms with Gasteiger partial charge in [0.25, 0.3) is 0 Å². The van der Waals surface area contributed by atoms with E-state index in [-0.39, 0.29) is 6.42 Å². The molecule has 0 saturated heterocycles. The molecular formula is C17H16N4O2S2. The van der Waals surface area contributed by atoms with Crippen molar-refractivity contribution in [3.05, 3.63) is 44.0 Å². The third-order valence-electron chi connectivity index (χ3n) is 4.40. The van der Waals surface area contributed by atoms with Crippen molar-refractivity contribution >= 4 is 34.3 Å². The van der Waals surface area contributed by atoms with E-state index in [1.807, 2.05) is 12.3 Å². The molecule has 0 unspecified atom stereocenters. The lowest BCUT2D eigenvalue weighted by molar-refractivity contribution is -0.118. The van der Waals surface area contributed by atoms with Gasteiger partial charge in [0, 0.05) is 20.7 Å². The van der Waals surface area contributed by atoms with Crippen LogP contribution in [0.4, 0.5) is 0 Å². The van der Waals surface area contributed by atoms with Crippen molar-refractivity contribution in [1.82, 2.24) is 10.1 Å². The first-order valence-corrected chi connectivity index (χ1v) is 9.54. The first kappa shape index (κ1) is 16.2. The van der Waals surface area contributed by atoms with Crippen LogP contribution >= 0.6 is 22.7 Å². The van der Waals surface area contributed by atoms with E-state index >= 15 is 0 Å². The van der Waals surface area contributed by atoms with Gasteiger partial charge in [-0.15, -0.1) is 22.7 Å². The van der Waals surface area contributed by atoms with Crippen molar-refractivity contribution in [3.63, 3.8) is 0 Å². The van der Waals surface area contributed by atoms with E-state index in [1.165, 1.54) is 16.2 Å². The Hall–Kier alpha value is -2.32. The van der Waals surface area contributed by atoms with Crippen molar-refractivity contribution in [2.45, 2.75) is 33.2 Å². The summed E-state index contributed by atoms with van der Waals surface area (Å²) in [4.78, 5) is 23.2. The predicted molar refractivity (Wildman–Crippen MR) is 98.3 cm³/mol. The zero-order valence-corrected chi connectivity index (χ0v) is 15.6. The fourth-order valence-electron chi connectivity index (χ4n) is 3.11. The monoisotopic (exact) mass is 372 g/mol. The molecule has 0 spiro atoms. The summed E-state index contributed by atoms with van der Waals surface area (Å²) < 4.78 is 5.58. The molecule has 1 amide bonds. The number of hydrogen-bond donors (Lipinski definition) is 1. The van der Waals surface area contributed by atoms with Crippen LogP contribution in [0.25, 0.3) is 10.4 Å². The lowest BCUT2D eigenvalue weighted by Gasteiger charge is -2.09. The van der Waals surface area contributed by atoms with Crippen molar-refractivity contribution in [2.75, 3.05) is 0 Å². The summed E-state index contributed by atoms with van der Waals surface area (Å²) >= 11 is 3.21. The fourth-order valence-corrected chi connectivity index (χ4v) is 4.91. The maximum Gasteiger partial charge on any atom is 0.220 e. The van der Waals surface area contributed by atoms with Gasteiger partial charge in [0.05, 0.1) is 34.6 Å². The number of carbonyl (C=O) groups excluding carboxylic acids is 1. The molecule has 0 aromatic carbocycles. The highest BCUT2D eigenvalue weighted by Gasteiger charge is 2.34. The van der Waals surface area contributed by atoms with Crippen LogP contribution < -0.4 is 5.73 Å². The molecule has 0 aliphatic carbocycles. The molecule has 4 rings (SSSR count). The minimum absolute atomic E-state index is 0.0717. The number of hydrogen-bond acceptors (Lipinski definition) is 7. The molecule has 3 aromatic heterocycles. The number of amides is 1. The van der Waals surface area contributed by atoms with Crippen molar-refractivity contribution < 1.29 is 9.32 Å². The Morgan fingerprint density at radius 3 is 2.80 bits per heavy atom.